The lowest BCUT2D eigenvalue weighted by molar-refractivity contribution is -0.0548. The van der Waals surface area contributed by atoms with Crippen LogP contribution in [0.2, 0.25) is 5.02 Å². The SMILES string of the molecule is CO[C@H]1c2c(cc(F)c(Cl)c2Br)O[C@]1(CNC(=O)O)c1ccccc1. The zero-order chi connectivity index (χ0) is 18.2. The van der Waals surface area contributed by atoms with Gasteiger partial charge in [0.1, 0.15) is 17.7 Å². The first-order chi connectivity index (χ1) is 11.9. The summed E-state index contributed by atoms with van der Waals surface area (Å²) in [5.74, 6) is -0.395. The molecule has 1 aliphatic heterocycles. The van der Waals surface area contributed by atoms with Crippen LogP contribution in [0.3, 0.4) is 0 Å². The highest BCUT2D eigenvalue weighted by Gasteiger charge is 2.52. The second-order valence-electron chi connectivity index (χ2n) is 5.53. The summed E-state index contributed by atoms with van der Waals surface area (Å²) in [7, 11) is 1.48. The zero-order valence-electron chi connectivity index (χ0n) is 13.1. The first kappa shape index (κ1) is 18.0. The van der Waals surface area contributed by atoms with Crippen molar-refractivity contribution in [3.05, 3.63) is 62.8 Å². The van der Waals surface area contributed by atoms with E-state index < -0.39 is 23.6 Å². The third kappa shape index (κ3) is 2.96. The molecule has 25 heavy (non-hydrogen) atoms. The number of rotatable bonds is 4. The van der Waals surface area contributed by atoms with E-state index in [0.29, 0.717) is 15.6 Å². The monoisotopic (exact) mass is 429 g/mol. The number of halogens is 3. The number of nitrogens with one attached hydrogen (secondary N) is 1. The van der Waals surface area contributed by atoms with E-state index in [1.54, 1.807) is 24.3 Å². The Labute approximate surface area is 156 Å². The Morgan fingerprint density at radius 3 is 2.76 bits per heavy atom. The molecule has 0 aliphatic carbocycles. The Bertz CT molecular complexity index is 820. The van der Waals surface area contributed by atoms with Crippen molar-refractivity contribution in [2.24, 2.45) is 0 Å². The number of carbonyl (C=O) groups is 1. The van der Waals surface area contributed by atoms with Crippen LogP contribution in [0, 0.1) is 5.82 Å². The third-order valence-electron chi connectivity index (χ3n) is 4.14. The normalized spacial score (nSPS) is 21.5. The van der Waals surface area contributed by atoms with E-state index in [2.05, 4.69) is 21.2 Å². The summed E-state index contributed by atoms with van der Waals surface area (Å²) in [5.41, 5.74) is 0.0243. The number of ether oxygens (including phenoxy) is 2. The number of hydrogen-bond donors (Lipinski definition) is 2. The second kappa shape index (κ2) is 6.82. The van der Waals surface area contributed by atoms with Crippen molar-refractivity contribution in [2.75, 3.05) is 13.7 Å². The maximum atomic E-state index is 14.0. The van der Waals surface area contributed by atoms with Crippen LogP contribution >= 0.6 is 27.5 Å². The van der Waals surface area contributed by atoms with Crippen LogP contribution in [-0.2, 0) is 10.3 Å². The van der Waals surface area contributed by atoms with E-state index in [4.69, 9.17) is 26.2 Å². The molecule has 0 saturated heterocycles. The van der Waals surface area contributed by atoms with Crippen LogP contribution in [0.5, 0.6) is 5.75 Å². The molecule has 1 heterocycles. The standard InChI is InChI=1S/C17H14BrClFNO4/c1-24-15-12-11(7-10(20)14(19)13(12)18)25-17(15,8-21-16(22)23)9-5-3-2-4-6-9/h2-7,15,21H,8H2,1H3,(H,22,23)/t15-,17+/m0/s1. The van der Waals surface area contributed by atoms with Gasteiger partial charge >= 0.3 is 6.09 Å². The fourth-order valence-electron chi connectivity index (χ4n) is 3.08. The Morgan fingerprint density at radius 1 is 1.48 bits per heavy atom. The van der Waals surface area contributed by atoms with Crippen molar-refractivity contribution in [2.45, 2.75) is 11.7 Å². The largest absolute Gasteiger partial charge is 0.477 e. The fourth-order valence-corrected chi connectivity index (χ4v) is 3.82. The average Bonchev–Trinajstić information content (AvgIpc) is 2.93. The molecule has 0 aromatic heterocycles. The molecule has 132 valence electrons. The molecule has 5 nitrogen and oxygen atoms in total. The third-order valence-corrected chi connectivity index (χ3v) is 5.56. The number of hydrogen-bond acceptors (Lipinski definition) is 3. The lowest BCUT2D eigenvalue weighted by Gasteiger charge is -2.34. The van der Waals surface area contributed by atoms with Crippen LogP contribution in [0.15, 0.2) is 40.9 Å². The van der Waals surface area contributed by atoms with Gasteiger partial charge in [0.15, 0.2) is 5.60 Å². The van der Waals surface area contributed by atoms with Gasteiger partial charge < -0.3 is 19.9 Å². The topological polar surface area (TPSA) is 67.8 Å². The number of methoxy groups -OCH3 is 1. The molecule has 0 spiro atoms. The minimum atomic E-state index is -1.20. The molecule has 0 radical (unpaired) electrons. The van der Waals surface area contributed by atoms with Gasteiger partial charge in [-0.2, -0.15) is 0 Å². The van der Waals surface area contributed by atoms with E-state index in [9.17, 15) is 9.18 Å². The van der Waals surface area contributed by atoms with E-state index in [0.717, 1.165) is 0 Å². The van der Waals surface area contributed by atoms with Crippen molar-refractivity contribution >= 4 is 33.6 Å². The molecule has 2 aromatic rings. The molecule has 0 saturated carbocycles. The van der Waals surface area contributed by atoms with E-state index in [1.165, 1.54) is 13.2 Å². The Balaban J connectivity index is 2.19. The van der Waals surface area contributed by atoms with Gasteiger partial charge in [-0.05, 0) is 15.9 Å². The maximum Gasteiger partial charge on any atom is 0.404 e. The molecular weight excluding hydrogens is 417 g/mol. The lowest BCUT2D eigenvalue weighted by atomic mass is 9.86. The number of amides is 1. The van der Waals surface area contributed by atoms with Crippen molar-refractivity contribution in [3.8, 4) is 5.75 Å². The summed E-state index contributed by atoms with van der Waals surface area (Å²) in [6, 6.07) is 10.2. The molecule has 8 heteroatoms. The molecule has 1 amide bonds. The first-order valence-corrected chi connectivity index (χ1v) is 8.49. The summed E-state index contributed by atoms with van der Waals surface area (Å²) < 4.78 is 26.1. The molecule has 0 fully saturated rings. The van der Waals surface area contributed by atoms with E-state index in [-0.39, 0.29) is 17.3 Å². The number of fused-ring (bicyclic) bond motifs is 1. The van der Waals surface area contributed by atoms with E-state index in [1.807, 2.05) is 6.07 Å². The summed E-state index contributed by atoms with van der Waals surface area (Å²) in [6.45, 7) is -0.0921. The van der Waals surface area contributed by atoms with Crippen LogP contribution in [0.4, 0.5) is 9.18 Å². The Kier molecular flexibility index (Phi) is 4.90. The minimum Gasteiger partial charge on any atom is -0.477 e. The van der Waals surface area contributed by atoms with Crippen LogP contribution in [0.25, 0.3) is 0 Å². The molecular formula is C17H14BrClFNO4. The van der Waals surface area contributed by atoms with Gasteiger partial charge in [-0.25, -0.2) is 9.18 Å². The van der Waals surface area contributed by atoms with Gasteiger partial charge in [0.25, 0.3) is 0 Å². The summed E-state index contributed by atoms with van der Waals surface area (Å²) in [5, 5.41) is 11.3. The maximum absolute atomic E-state index is 14.0. The van der Waals surface area contributed by atoms with Gasteiger partial charge in [0.2, 0.25) is 0 Å². The minimum absolute atomic E-state index is 0.0838. The van der Waals surface area contributed by atoms with Crippen molar-refractivity contribution in [1.82, 2.24) is 5.32 Å². The predicted molar refractivity (Wildman–Crippen MR) is 93.6 cm³/mol. The Hall–Kier alpha value is -1.83. The summed E-state index contributed by atoms with van der Waals surface area (Å²) >= 11 is 9.31. The highest BCUT2D eigenvalue weighted by atomic mass is 79.9. The molecule has 2 N–H and O–H groups in total. The zero-order valence-corrected chi connectivity index (χ0v) is 15.4. The van der Waals surface area contributed by atoms with Gasteiger partial charge in [-0.15, -0.1) is 0 Å². The lowest BCUT2D eigenvalue weighted by Crippen LogP contribution is -2.46. The number of carboxylic acid groups (broad SMARTS) is 1. The van der Waals surface area contributed by atoms with Crippen molar-refractivity contribution in [3.63, 3.8) is 0 Å². The van der Waals surface area contributed by atoms with E-state index >= 15 is 0 Å². The first-order valence-electron chi connectivity index (χ1n) is 7.32. The van der Waals surface area contributed by atoms with Crippen LogP contribution < -0.4 is 10.1 Å². The van der Waals surface area contributed by atoms with Gasteiger partial charge in [-0.3, -0.25) is 0 Å². The highest BCUT2D eigenvalue weighted by Crippen LogP contribution is 2.54. The van der Waals surface area contributed by atoms with Crippen molar-refractivity contribution < 1.29 is 23.8 Å². The van der Waals surface area contributed by atoms with Gasteiger partial charge in [0.05, 0.1) is 11.6 Å². The molecule has 3 rings (SSSR count). The smallest absolute Gasteiger partial charge is 0.404 e. The Morgan fingerprint density at radius 2 is 2.16 bits per heavy atom. The second-order valence-corrected chi connectivity index (χ2v) is 6.70. The molecule has 2 atom stereocenters. The average molecular weight is 431 g/mol. The number of benzene rings is 2. The van der Waals surface area contributed by atoms with Gasteiger partial charge in [-0.1, -0.05) is 41.9 Å². The highest BCUT2D eigenvalue weighted by molar-refractivity contribution is 9.10. The predicted octanol–water partition coefficient (Wildman–Crippen LogP) is 4.48. The van der Waals surface area contributed by atoms with Crippen LogP contribution in [0.1, 0.15) is 17.2 Å². The van der Waals surface area contributed by atoms with Gasteiger partial charge in [0, 0.05) is 28.8 Å². The molecule has 0 unspecified atom stereocenters. The summed E-state index contributed by atoms with van der Waals surface area (Å²) in [6.07, 6.45) is -1.91. The summed E-state index contributed by atoms with van der Waals surface area (Å²) in [4.78, 5) is 11.1. The molecule has 0 bridgehead atoms. The van der Waals surface area contributed by atoms with Crippen LogP contribution in [-0.4, -0.2) is 24.9 Å². The quantitative estimate of drug-likeness (QED) is 0.702. The fraction of sp³-hybridized carbons (Fsp3) is 0.235. The molecule has 2 aromatic carbocycles. The molecule has 1 aliphatic rings. The van der Waals surface area contributed by atoms with Crippen molar-refractivity contribution in [1.29, 1.82) is 0 Å².